The van der Waals surface area contributed by atoms with E-state index >= 15 is 0 Å². The first kappa shape index (κ1) is 11.7. The van der Waals surface area contributed by atoms with Gasteiger partial charge in [-0.1, -0.05) is 12.1 Å². The number of hydrogen-bond acceptors (Lipinski definition) is 3. The summed E-state index contributed by atoms with van der Waals surface area (Å²) in [4.78, 5) is 0. The summed E-state index contributed by atoms with van der Waals surface area (Å²) < 4.78 is 8.10. The molecule has 1 aliphatic rings. The molecule has 2 aromatic rings. The first-order chi connectivity index (χ1) is 8.27. The molecule has 1 aromatic heterocycles. The topological polar surface area (TPSA) is 35.2 Å². The van der Waals surface area contributed by atoms with Gasteiger partial charge in [0, 0.05) is 15.8 Å². The molecule has 1 fully saturated rings. The van der Waals surface area contributed by atoms with E-state index in [0.717, 1.165) is 23.9 Å². The Morgan fingerprint density at radius 2 is 2.35 bits per heavy atom. The van der Waals surface area contributed by atoms with Crippen LogP contribution in [0.5, 0.6) is 0 Å². The van der Waals surface area contributed by atoms with Crippen LogP contribution in [-0.4, -0.2) is 12.7 Å². The molecule has 2 N–H and O–H groups in total. The highest BCUT2D eigenvalue weighted by Gasteiger charge is 2.26. The summed E-state index contributed by atoms with van der Waals surface area (Å²) in [6, 6.07) is 6.27. The normalized spacial score (nSPS) is 22.1. The molecule has 4 heteroatoms. The molecule has 1 saturated heterocycles. The molecule has 2 atom stereocenters. The van der Waals surface area contributed by atoms with Crippen LogP contribution in [0.2, 0.25) is 0 Å². The van der Waals surface area contributed by atoms with Crippen LogP contribution in [0.15, 0.2) is 28.1 Å². The van der Waals surface area contributed by atoms with E-state index in [9.17, 15) is 0 Å². The molecule has 90 valence electrons. The lowest BCUT2D eigenvalue weighted by Crippen LogP contribution is -2.25. The van der Waals surface area contributed by atoms with Crippen molar-refractivity contribution in [2.45, 2.75) is 25.0 Å². The molecule has 2 nitrogen and oxygen atoms in total. The van der Waals surface area contributed by atoms with Gasteiger partial charge in [0.1, 0.15) is 0 Å². The van der Waals surface area contributed by atoms with E-state index in [1.54, 1.807) is 11.3 Å². The number of thiophene rings is 1. The van der Waals surface area contributed by atoms with Gasteiger partial charge in [0.2, 0.25) is 0 Å². The van der Waals surface area contributed by atoms with Crippen molar-refractivity contribution in [2.75, 3.05) is 6.61 Å². The molecule has 0 saturated carbocycles. The molecule has 1 aromatic carbocycles. The minimum atomic E-state index is 0.000509. The molecule has 0 radical (unpaired) electrons. The van der Waals surface area contributed by atoms with Gasteiger partial charge in [-0.2, -0.15) is 0 Å². The summed E-state index contributed by atoms with van der Waals surface area (Å²) >= 11 is 5.33. The van der Waals surface area contributed by atoms with Crippen LogP contribution in [0.1, 0.15) is 24.4 Å². The van der Waals surface area contributed by atoms with Crippen LogP contribution in [0.3, 0.4) is 0 Å². The summed E-state index contributed by atoms with van der Waals surface area (Å²) in [5, 5.41) is 3.43. The largest absolute Gasteiger partial charge is 0.376 e. The number of fused-ring (bicyclic) bond motifs is 1. The van der Waals surface area contributed by atoms with E-state index in [1.165, 1.54) is 15.6 Å². The van der Waals surface area contributed by atoms with Gasteiger partial charge in [-0.05, 0) is 51.2 Å². The van der Waals surface area contributed by atoms with Crippen LogP contribution in [0.25, 0.3) is 10.1 Å². The van der Waals surface area contributed by atoms with E-state index in [2.05, 4.69) is 39.5 Å². The summed E-state index contributed by atoms with van der Waals surface area (Å²) in [6.07, 6.45) is 2.39. The highest BCUT2D eigenvalue weighted by Crippen LogP contribution is 2.37. The number of nitrogens with two attached hydrogens (primary N) is 1. The molecule has 2 heterocycles. The van der Waals surface area contributed by atoms with Gasteiger partial charge in [-0.25, -0.2) is 0 Å². The Kier molecular flexibility index (Phi) is 3.21. The fourth-order valence-electron chi connectivity index (χ4n) is 2.39. The zero-order chi connectivity index (χ0) is 11.8. The molecule has 0 spiro atoms. The van der Waals surface area contributed by atoms with Crippen molar-refractivity contribution < 1.29 is 4.74 Å². The van der Waals surface area contributed by atoms with Crippen molar-refractivity contribution >= 4 is 37.4 Å². The second-order valence-electron chi connectivity index (χ2n) is 4.38. The Morgan fingerprint density at radius 3 is 3.12 bits per heavy atom. The van der Waals surface area contributed by atoms with Gasteiger partial charge >= 0.3 is 0 Å². The van der Waals surface area contributed by atoms with Gasteiger partial charge < -0.3 is 10.5 Å². The Balaban J connectivity index is 2.02. The maximum Gasteiger partial charge on any atom is 0.0769 e. The standard InChI is InChI=1S/C13H14BrNOS/c14-10-4-1-3-8-9(7-17-13(8)10)12(15)11-5-2-6-16-11/h1,3-4,7,11-12H,2,5-6,15H2. The zero-order valence-electron chi connectivity index (χ0n) is 9.36. The van der Waals surface area contributed by atoms with Crippen molar-refractivity contribution in [1.29, 1.82) is 0 Å². The predicted molar refractivity (Wildman–Crippen MR) is 75.4 cm³/mol. The zero-order valence-corrected chi connectivity index (χ0v) is 11.8. The first-order valence-electron chi connectivity index (χ1n) is 5.80. The molecule has 17 heavy (non-hydrogen) atoms. The molecule has 2 unspecified atom stereocenters. The van der Waals surface area contributed by atoms with Crippen molar-refractivity contribution in [3.8, 4) is 0 Å². The van der Waals surface area contributed by atoms with E-state index in [1.807, 2.05) is 0 Å². The van der Waals surface area contributed by atoms with Gasteiger partial charge in [-0.3, -0.25) is 0 Å². The minimum Gasteiger partial charge on any atom is -0.376 e. The van der Waals surface area contributed by atoms with Crippen LogP contribution < -0.4 is 5.73 Å². The van der Waals surface area contributed by atoms with Crippen LogP contribution in [0, 0.1) is 0 Å². The van der Waals surface area contributed by atoms with Gasteiger partial charge in [0.25, 0.3) is 0 Å². The van der Waals surface area contributed by atoms with E-state index in [4.69, 9.17) is 10.5 Å². The molecule has 3 rings (SSSR count). The van der Waals surface area contributed by atoms with E-state index in [-0.39, 0.29) is 12.1 Å². The lowest BCUT2D eigenvalue weighted by Gasteiger charge is -2.18. The third-order valence-electron chi connectivity index (χ3n) is 3.31. The monoisotopic (exact) mass is 311 g/mol. The summed E-state index contributed by atoms with van der Waals surface area (Å²) in [7, 11) is 0. The number of halogens is 1. The highest BCUT2D eigenvalue weighted by molar-refractivity contribution is 9.10. The van der Waals surface area contributed by atoms with Crippen LogP contribution in [-0.2, 0) is 4.74 Å². The quantitative estimate of drug-likeness (QED) is 0.914. The second-order valence-corrected chi connectivity index (χ2v) is 6.12. The third-order valence-corrected chi connectivity index (χ3v) is 5.28. The fraction of sp³-hybridized carbons (Fsp3) is 0.385. The second kappa shape index (κ2) is 4.69. The maximum absolute atomic E-state index is 6.33. The maximum atomic E-state index is 6.33. The Labute approximate surface area is 113 Å². The van der Waals surface area contributed by atoms with Crippen LogP contribution in [0.4, 0.5) is 0 Å². The summed E-state index contributed by atoms with van der Waals surface area (Å²) in [6.45, 7) is 0.851. The number of hydrogen-bond donors (Lipinski definition) is 1. The van der Waals surface area contributed by atoms with Crippen LogP contribution >= 0.6 is 27.3 Å². The predicted octanol–water partition coefficient (Wildman–Crippen LogP) is 3.84. The molecule has 1 aliphatic heterocycles. The Hall–Kier alpha value is -0.420. The van der Waals surface area contributed by atoms with Gasteiger partial charge in [-0.15, -0.1) is 11.3 Å². The summed E-state index contributed by atoms with van der Waals surface area (Å²) in [5.41, 5.74) is 7.55. The highest BCUT2D eigenvalue weighted by atomic mass is 79.9. The number of ether oxygens (including phenoxy) is 1. The minimum absolute atomic E-state index is 0.000509. The molecular formula is C13H14BrNOS. The first-order valence-corrected chi connectivity index (χ1v) is 7.47. The molecule has 0 bridgehead atoms. The molecule has 0 amide bonds. The van der Waals surface area contributed by atoms with Crippen molar-refractivity contribution in [3.63, 3.8) is 0 Å². The van der Waals surface area contributed by atoms with Gasteiger partial charge in [0.15, 0.2) is 0 Å². The van der Waals surface area contributed by atoms with E-state index in [0.29, 0.717) is 0 Å². The lowest BCUT2D eigenvalue weighted by atomic mass is 10.00. The SMILES string of the molecule is NC(c1csc2c(Br)cccc12)C1CCCO1. The summed E-state index contributed by atoms with van der Waals surface area (Å²) in [5.74, 6) is 0. The number of benzene rings is 1. The van der Waals surface area contributed by atoms with Crippen molar-refractivity contribution in [1.82, 2.24) is 0 Å². The lowest BCUT2D eigenvalue weighted by molar-refractivity contribution is 0.0905. The fourth-order valence-corrected chi connectivity index (χ4v) is 4.05. The molecular weight excluding hydrogens is 298 g/mol. The smallest absolute Gasteiger partial charge is 0.0769 e. The average molecular weight is 312 g/mol. The molecule has 0 aliphatic carbocycles. The third kappa shape index (κ3) is 2.03. The number of rotatable bonds is 2. The Bertz CT molecular complexity index is 533. The van der Waals surface area contributed by atoms with E-state index < -0.39 is 0 Å². The van der Waals surface area contributed by atoms with Gasteiger partial charge in [0.05, 0.1) is 12.1 Å². The van der Waals surface area contributed by atoms with Crippen molar-refractivity contribution in [3.05, 3.63) is 33.6 Å². The average Bonchev–Trinajstić information content (AvgIpc) is 2.98. The Morgan fingerprint density at radius 1 is 1.47 bits per heavy atom. The van der Waals surface area contributed by atoms with Crippen molar-refractivity contribution in [2.24, 2.45) is 5.73 Å².